The molecule has 0 aliphatic heterocycles. The van der Waals surface area contributed by atoms with Crippen LogP contribution in [-0.2, 0) is 9.47 Å². The van der Waals surface area contributed by atoms with E-state index in [0.717, 1.165) is 19.3 Å². The number of benzene rings is 1. The molecular formula is C23H36O3. The summed E-state index contributed by atoms with van der Waals surface area (Å²) in [5.74, 6) is 0.217. The van der Waals surface area contributed by atoms with Crippen molar-refractivity contribution in [2.24, 2.45) is 5.41 Å². The van der Waals surface area contributed by atoms with Crippen LogP contribution in [0.2, 0.25) is 0 Å². The van der Waals surface area contributed by atoms with Crippen molar-refractivity contribution in [1.82, 2.24) is 0 Å². The topological polar surface area (TPSA) is 35.5 Å². The number of carbonyl (C=O) groups excluding carboxylic acids is 1. The van der Waals surface area contributed by atoms with Gasteiger partial charge in [0.1, 0.15) is 0 Å². The Bertz CT molecular complexity index is 550. The zero-order valence-electron chi connectivity index (χ0n) is 17.2. The molecule has 0 N–H and O–H groups in total. The zero-order chi connectivity index (χ0) is 19.2. The molecule has 26 heavy (non-hydrogen) atoms. The second-order valence-electron chi connectivity index (χ2n) is 8.93. The van der Waals surface area contributed by atoms with E-state index in [1.54, 1.807) is 0 Å². The molecule has 0 aromatic heterocycles. The average molecular weight is 361 g/mol. The van der Waals surface area contributed by atoms with Gasteiger partial charge in [-0.05, 0) is 48.3 Å². The molecule has 0 bridgehead atoms. The van der Waals surface area contributed by atoms with Gasteiger partial charge in [-0.3, -0.25) is 0 Å². The van der Waals surface area contributed by atoms with Gasteiger partial charge in [0, 0.05) is 6.42 Å². The number of hydrogen-bond donors (Lipinski definition) is 0. The fourth-order valence-corrected chi connectivity index (χ4v) is 3.40. The Kier molecular flexibility index (Phi) is 7.69. The van der Waals surface area contributed by atoms with Gasteiger partial charge in [0.2, 0.25) is 6.29 Å². The summed E-state index contributed by atoms with van der Waals surface area (Å²) < 4.78 is 12.0. The molecule has 0 heterocycles. The van der Waals surface area contributed by atoms with E-state index in [1.165, 1.54) is 24.8 Å². The molecule has 1 aromatic carbocycles. The van der Waals surface area contributed by atoms with Crippen LogP contribution in [0.4, 0.5) is 0 Å². The number of carbonyl (C=O) groups is 1. The minimum Gasteiger partial charge on any atom is -0.432 e. The van der Waals surface area contributed by atoms with Gasteiger partial charge in [0.15, 0.2) is 0 Å². The third kappa shape index (κ3) is 6.75. The first kappa shape index (κ1) is 21.0. The Labute approximate surface area is 159 Å². The highest BCUT2D eigenvalue weighted by molar-refractivity contribution is 5.89. The molecule has 3 nitrogen and oxygen atoms in total. The standard InChI is InChI=1S/C23H36O3/c1-6-17(2)18-12-14-19(15-13-18)22(24)26-21(16-23(3,4)5)25-20-10-8-7-9-11-20/h12-15,17,20-21H,6-11,16H2,1-5H3. The minimum atomic E-state index is -0.472. The van der Waals surface area contributed by atoms with Crippen molar-refractivity contribution in [1.29, 1.82) is 0 Å². The quantitative estimate of drug-likeness (QED) is 0.413. The third-order valence-corrected chi connectivity index (χ3v) is 5.24. The third-order valence-electron chi connectivity index (χ3n) is 5.24. The predicted molar refractivity (Wildman–Crippen MR) is 106 cm³/mol. The van der Waals surface area contributed by atoms with E-state index in [0.29, 0.717) is 17.9 Å². The van der Waals surface area contributed by atoms with Gasteiger partial charge in [-0.1, -0.05) is 66.0 Å². The van der Waals surface area contributed by atoms with Crippen molar-refractivity contribution in [2.45, 2.75) is 97.9 Å². The molecule has 0 amide bonds. The smallest absolute Gasteiger partial charge is 0.340 e. The van der Waals surface area contributed by atoms with Crippen molar-refractivity contribution in [3.63, 3.8) is 0 Å². The number of esters is 1. The number of rotatable bonds is 7. The molecule has 2 rings (SSSR count). The maximum atomic E-state index is 12.6. The highest BCUT2D eigenvalue weighted by Crippen LogP contribution is 2.28. The van der Waals surface area contributed by atoms with Crippen LogP contribution in [0.15, 0.2) is 24.3 Å². The van der Waals surface area contributed by atoms with Gasteiger partial charge in [-0.15, -0.1) is 0 Å². The summed E-state index contributed by atoms with van der Waals surface area (Å²) in [5.41, 5.74) is 1.90. The van der Waals surface area contributed by atoms with E-state index in [9.17, 15) is 4.79 Å². The van der Waals surface area contributed by atoms with E-state index in [-0.39, 0.29) is 17.5 Å². The van der Waals surface area contributed by atoms with Crippen LogP contribution < -0.4 is 0 Å². The Hall–Kier alpha value is -1.35. The van der Waals surface area contributed by atoms with E-state index in [1.807, 2.05) is 24.3 Å². The molecule has 3 heteroatoms. The fraction of sp³-hybridized carbons (Fsp3) is 0.696. The summed E-state index contributed by atoms with van der Waals surface area (Å²) in [7, 11) is 0. The Balaban J connectivity index is 2.01. The molecule has 2 unspecified atom stereocenters. The summed E-state index contributed by atoms with van der Waals surface area (Å²) in [4.78, 5) is 12.6. The van der Waals surface area contributed by atoms with Gasteiger partial charge >= 0.3 is 5.97 Å². The van der Waals surface area contributed by atoms with Crippen LogP contribution in [0.25, 0.3) is 0 Å². The molecule has 1 fully saturated rings. The zero-order valence-corrected chi connectivity index (χ0v) is 17.2. The number of ether oxygens (including phenoxy) is 2. The SMILES string of the molecule is CCC(C)c1ccc(C(=O)OC(CC(C)(C)C)OC2CCCCC2)cc1. The van der Waals surface area contributed by atoms with Crippen LogP contribution in [0.5, 0.6) is 0 Å². The first-order valence-electron chi connectivity index (χ1n) is 10.2. The molecular weight excluding hydrogens is 324 g/mol. The van der Waals surface area contributed by atoms with Crippen LogP contribution in [0.3, 0.4) is 0 Å². The van der Waals surface area contributed by atoms with Gasteiger partial charge in [0.05, 0.1) is 11.7 Å². The van der Waals surface area contributed by atoms with Crippen molar-refractivity contribution in [3.8, 4) is 0 Å². The highest BCUT2D eigenvalue weighted by Gasteiger charge is 2.27. The Morgan fingerprint density at radius 1 is 1.12 bits per heavy atom. The van der Waals surface area contributed by atoms with Crippen LogP contribution in [-0.4, -0.2) is 18.4 Å². The molecule has 1 aliphatic rings. The first-order chi connectivity index (χ1) is 12.3. The fourth-order valence-electron chi connectivity index (χ4n) is 3.40. The summed E-state index contributed by atoms with van der Waals surface area (Å²) >= 11 is 0. The monoisotopic (exact) mass is 360 g/mol. The maximum absolute atomic E-state index is 12.6. The summed E-state index contributed by atoms with van der Waals surface area (Å²) in [6.45, 7) is 10.8. The lowest BCUT2D eigenvalue weighted by Gasteiger charge is -2.31. The largest absolute Gasteiger partial charge is 0.432 e. The molecule has 0 radical (unpaired) electrons. The van der Waals surface area contributed by atoms with Crippen molar-refractivity contribution >= 4 is 5.97 Å². The van der Waals surface area contributed by atoms with Crippen LogP contribution in [0, 0.1) is 5.41 Å². The van der Waals surface area contributed by atoms with Gasteiger partial charge in [-0.2, -0.15) is 0 Å². The highest BCUT2D eigenvalue weighted by atomic mass is 16.7. The van der Waals surface area contributed by atoms with Crippen LogP contribution in [0.1, 0.15) is 101 Å². The summed E-state index contributed by atoms with van der Waals surface area (Å²) in [6, 6.07) is 7.81. The molecule has 1 aromatic rings. The van der Waals surface area contributed by atoms with E-state index < -0.39 is 6.29 Å². The average Bonchev–Trinajstić information content (AvgIpc) is 2.60. The van der Waals surface area contributed by atoms with Gasteiger partial charge < -0.3 is 9.47 Å². The van der Waals surface area contributed by atoms with E-state index in [2.05, 4.69) is 34.6 Å². The second kappa shape index (κ2) is 9.55. The minimum absolute atomic E-state index is 0.0417. The Morgan fingerprint density at radius 2 is 1.73 bits per heavy atom. The predicted octanol–water partition coefficient (Wildman–Crippen LogP) is 6.47. The molecule has 0 spiro atoms. The molecule has 1 saturated carbocycles. The molecule has 146 valence electrons. The van der Waals surface area contributed by atoms with Crippen molar-refractivity contribution in [2.75, 3.05) is 0 Å². The lowest BCUT2D eigenvalue weighted by molar-refractivity contribution is -0.161. The lowest BCUT2D eigenvalue weighted by atomic mass is 9.91. The molecule has 0 saturated heterocycles. The van der Waals surface area contributed by atoms with E-state index in [4.69, 9.17) is 9.47 Å². The molecule has 2 atom stereocenters. The summed E-state index contributed by atoms with van der Waals surface area (Å²) in [5, 5.41) is 0. The Morgan fingerprint density at radius 3 is 2.27 bits per heavy atom. The second-order valence-corrected chi connectivity index (χ2v) is 8.93. The lowest BCUT2D eigenvalue weighted by Crippen LogP contribution is -2.31. The van der Waals surface area contributed by atoms with Gasteiger partial charge in [-0.25, -0.2) is 4.79 Å². The van der Waals surface area contributed by atoms with E-state index >= 15 is 0 Å². The van der Waals surface area contributed by atoms with Crippen molar-refractivity contribution < 1.29 is 14.3 Å². The van der Waals surface area contributed by atoms with Crippen molar-refractivity contribution in [3.05, 3.63) is 35.4 Å². The first-order valence-corrected chi connectivity index (χ1v) is 10.2. The molecule has 1 aliphatic carbocycles. The number of hydrogen-bond acceptors (Lipinski definition) is 3. The van der Waals surface area contributed by atoms with Gasteiger partial charge in [0.25, 0.3) is 0 Å². The van der Waals surface area contributed by atoms with Crippen LogP contribution >= 0.6 is 0 Å². The summed E-state index contributed by atoms with van der Waals surface area (Å²) in [6.07, 6.45) is 7.38. The maximum Gasteiger partial charge on any atom is 0.340 e. The normalized spacial score (nSPS) is 18.3.